The molecule has 7 nitrogen and oxygen atoms in total. The Kier molecular flexibility index (Phi) is 9.49. The summed E-state index contributed by atoms with van der Waals surface area (Å²) >= 11 is 0. The molecular formula is C22H39N3O4. The number of hydrogen-bond acceptors (Lipinski definition) is 6. The van der Waals surface area contributed by atoms with Crippen LogP contribution in [0.1, 0.15) is 60.8 Å². The van der Waals surface area contributed by atoms with Gasteiger partial charge in [0.1, 0.15) is 6.61 Å². The van der Waals surface area contributed by atoms with Gasteiger partial charge in [0.2, 0.25) is 0 Å². The van der Waals surface area contributed by atoms with Crippen LogP contribution in [0, 0.1) is 5.92 Å². The van der Waals surface area contributed by atoms with Gasteiger partial charge in [-0.2, -0.15) is 0 Å². The molecule has 1 rings (SSSR count). The molecule has 166 valence electrons. The van der Waals surface area contributed by atoms with Gasteiger partial charge < -0.3 is 15.0 Å². The Hall–Kier alpha value is -1.73. The summed E-state index contributed by atoms with van der Waals surface area (Å²) in [6.45, 7) is 11.7. The van der Waals surface area contributed by atoms with Gasteiger partial charge in [0.15, 0.2) is 11.6 Å². The van der Waals surface area contributed by atoms with Crippen LogP contribution in [-0.2, 0) is 14.3 Å². The van der Waals surface area contributed by atoms with Crippen molar-refractivity contribution in [1.29, 1.82) is 0 Å². The Bertz CT molecular complexity index is 617. The molecule has 0 aromatic rings. The highest BCUT2D eigenvalue weighted by Crippen LogP contribution is 2.19. The molecule has 0 fully saturated rings. The summed E-state index contributed by atoms with van der Waals surface area (Å²) in [4.78, 5) is 39.8. The number of Topliss-reactive ketones (excluding diaryl/α,β-unsaturated/α-hetero) is 2. The van der Waals surface area contributed by atoms with E-state index in [4.69, 9.17) is 4.74 Å². The van der Waals surface area contributed by atoms with Crippen molar-refractivity contribution in [2.75, 3.05) is 26.7 Å². The lowest BCUT2D eigenvalue weighted by Gasteiger charge is -2.37. The highest BCUT2D eigenvalue weighted by atomic mass is 16.6. The number of likely N-dealkylation sites (N-methyl/N-ethyl adjacent to an activating group) is 1. The smallest absolute Gasteiger partial charge is 0.409 e. The van der Waals surface area contributed by atoms with Gasteiger partial charge in [0.05, 0.1) is 17.6 Å². The molecule has 0 unspecified atom stereocenters. The van der Waals surface area contributed by atoms with E-state index in [0.29, 0.717) is 6.42 Å². The largest absolute Gasteiger partial charge is 0.445 e. The van der Waals surface area contributed by atoms with Gasteiger partial charge in [-0.1, -0.05) is 26.0 Å². The quantitative estimate of drug-likeness (QED) is 0.694. The molecule has 0 saturated heterocycles. The van der Waals surface area contributed by atoms with E-state index in [1.165, 1.54) is 4.90 Å². The SMILES string of the molecule is CC(C)N[C@]1(C)CCCC=CCOC(=O)N(C)C[C@@](C)(C(=O)C(C)C)NCC1=O. The lowest BCUT2D eigenvalue weighted by Crippen LogP contribution is -2.62. The fourth-order valence-corrected chi connectivity index (χ4v) is 3.79. The molecule has 1 amide bonds. The molecule has 1 aliphatic heterocycles. The minimum Gasteiger partial charge on any atom is -0.445 e. The summed E-state index contributed by atoms with van der Waals surface area (Å²) in [5.74, 6) is -0.275. The summed E-state index contributed by atoms with van der Waals surface area (Å²) in [7, 11) is 1.60. The van der Waals surface area contributed by atoms with E-state index in [2.05, 4.69) is 10.6 Å². The van der Waals surface area contributed by atoms with Crippen LogP contribution in [0.15, 0.2) is 12.2 Å². The second kappa shape index (κ2) is 10.9. The number of carbonyl (C=O) groups excluding carboxylic acids is 3. The number of nitrogens with one attached hydrogen (secondary N) is 2. The standard InChI is InChI=1S/C22H39N3O4/c1-16(2)19(27)22(6)15-25(7)20(28)29-13-11-9-8-10-12-21(5,24-17(3)4)18(26)14-23-22/h9,11,16-17,23-24H,8,10,12-15H2,1-7H3/t21-,22+/m1/s1. The molecule has 0 spiro atoms. The van der Waals surface area contributed by atoms with Crippen molar-refractivity contribution in [1.82, 2.24) is 15.5 Å². The Morgan fingerprint density at radius 2 is 1.86 bits per heavy atom. The molecular weight excluding hydrogens is 370 g/mol. The summed E-state index contributed by atoms with van der Waals surface area (Å²) in [5.41, 5.74) is -1.73. The number of allylic oxidation sites excluding steroid dienone is 1. The molecule has 0 aliphatic carbocycles. The highest BCUT2D eigenvalue weighted by Gasteiger charge is 2.39. The molecule has 0 aromatic carbocycles. The molecule has 2 N–H and O–H groups in total. The van der Waals surface area contributed by atoms with E-state index in [9.17, 15) is 14.4 Å². The van der Waals surface area contributed by atoms with Crippen LogP contribution in [0.3, 0.4) is 0 Å². The van der Waals surface area contributed by atoms with Crippen LogP contribution in [0.4, 0.5) is 4.79 Å². The van der Waals surface area contributed by atoms with Crippen molar-refractivity contribution in [3.63, 3.8) is 0 Å². The fourth-order valence-electron chi connectivity index (χ4n) is 3.79. The first-order valence-corrected chi connectivity index (χ1v) is 10.5. The number of rotatable bonds is 4. The van der Waals surface area contributed by atoms with Gasteiger partial charge in [0, 0.05) is 25.6 Å². The predicted molar refractivity (Wildman–Crippen MR) is 115 cm³/mol. The van der Waals surface area contributed by atoms with Gasteiger partial charge in [-0.25, -0.2) is 4.79 Å². The first-order chi connectivity index (χ1) is 13.4. The number of hydrogen-bond donors (Lipinski definition) is 2. The highest BCUT2D eigenvalue weighted by molar-refractivity contribution is 5.93. The molecule has 7 heteroatoms. The van der Waals surface area contributed by atoms with Gasteiger partial charge >= 0.3 is 6.09 Å². The predicted octanol–water partition coefficient (Wildman–Crippen LogP) is 2.69. The van der Waals surface area contributed by atoms with E-state index in [1.54, 1.807) is 14.0 Å². The minimum absolute atomic E-state index is 0.0121. The van der Waals surface area contributed by atoms with E-state index >= 15 is 0 Å². The second-order valence-corrected chi connectivity index (χ2v) is 9.06. The topological polar surface area (TPSA) is 87.7 Å². The van der Waals surface area contributed by atoms with Crippen molar-refractivity contribution in [2.45, 2.75) is 77.9 Å². The number of ether oxygens (including phenoxy) is 1. The van der Waals surface area contributed by atoms with Crippen LogP contribution in [0.25, 0.3) is 0 Å². The maximum absolute atomic E-state index is 13.2. The monoisotopic (exact) mass is 409 g/mol. The van der Waals surface area contributed by atoms with Crippen LogP contribution in [0.2, 0.25) is 0 Å². The Morgan fingerprint density at radius 1 is 1.21 bits per heavy atom. The first-order valence-electron chi connectivity index (χ1n) is 10.5. The van der Waals surface area contributed by atoms with Crippen LogP contribution in [-0.4, -0.2) is 66.4 Å². The second-order valence-electron chi connectivity index (χ2n) is 9.06. The maximum Gasteiger partial charge on any atom is 0.409 e. The zero-order valence-electron chi connectivity index (χ0n) is 19.1. The zero-order valence-corrected chi connectivity index (χ0v) is 19.1. The lowest BCUT2D eigenvalue weighted by molar-refractivity contribution is -0.129. The number of amides is 1. The third kappa shape index (κ3) is 7.55. The number of ketones is 2. The minimum atomic E-state index is -1.05. The summed E-state index contributed by atoms with van der Waals surface area (Å²) in [6.07, 6.45) is 5.60. The van der Waals surface area contributed by atoms with E-state index in [1.807, 2.05) is 46.8 Å². The average Bonchev–Trinajstić information content (AvgIpc) is 2.63. The fraction of sp³-hybridized carbons (Fsp3) is 0.773. The van der Waals surface area contributed by atoms with Crippen molar-refractivity contribution in [3.05, 3.63) is 12.2 Å². The average molecular weight is 410 g/mol. The molecule has 0 radical (unpaired) electrons. The Balaban J connectivity index is 3.17. The number of cyclic esters (lactones) is 1. The van der Waals surface area contributed by atoms with Crippen molar-refractivity contribution in [3.8, 4) is 0 Å². The lowest BCUT2D eigenvalue weighted by atomic mass is 9.86. The molecule has 0 saturated carbocycles. The van der Waals surface area contributed by atoms with E-state index in [-0.39, 0.29) is 43.2 Å². The van der Waals surface area contributed by atoms with Crippen LogP contribution in [0.5, 0.6) is 0 Å². The van der Waals surface area contributed by atoms with Crippen LogP contribution >= 0.6 is 0 Å². The summed E-state index contributed by atoms with van der Waals surface area (Å²) in [5, 5.41) is 6.58. The van der Waals surface area contributed by atoms with Gasteiger partial charge in [-0.15, -0.1) is 0 Å². The number of carbonyl (C=O) groups is 3. The molecule has 1 aliphatic rings. The summed E-state index contributed by atoms with van der Waals surface area (Å²) in [6, 6.07) is 0.155. The first kappa shape index (κ1) is 25.3. The van der Waals surface area contributed by atoms with Gasteiger partial charge in [-0.05, 0) is 47.0 Å². The molecule has 1 heterocycles. The van der Waals surface area contributed by atoms with Crippen molar-refractivity contribution < 1.29 is 19.1 Å². The van der Waals surface area contributed by atoms with Crippen LogP contribution < -0.4 is 10.6 Å². The van der Waals surface area contributed by atoms with E-state index < -0.39 is 17.2 Å². The third-order valence-electron chi connectivity index (χ3n) is 5.31. The molecule has 0 bridgehead atoms. The van der Waals surface area contributed by atoms with Gasteiger partial charge in [-0.3, -0.25) is 14.9 Å². The van der Waals surface area contributed by atoms with Gasteiger partial charge in [0.25, 0.3) is 0 Å². The zero-order chi connectivity index (χ0) is 22.2. The van der Waals surface area contributed by atoms with Crippen molar-refractivity contribution in [2.24, 2.45) is 5.92 Å². The molecule has 29 heavy (non-hydrogen) atoms. The Morgan fingerprint density at radius 3 is 2.45 bits per heavy atom. The Labute approximate surface area is 175 Å². The third-order valence-corrected chi connectivity index (χ3v) is 5.31. The summed E-state index contributed by atoms with van der Waals surface area (Å²) < 4.78 is 5.26. The normalized spacial score (nSPS) is 28.2. The number of nitrogens with zero attached hydrogens (tertiary/aromatic N) is 1. The van der Waals surface area contributed by atoms with Crippen molar-refractivity contribution >= 4 is 17.7 Å². The van der Waals surface area contributed by atoms with E-state index in [0.717, 1.165) is 12.8 Å². The molecule has 2 atom stereocenters. The molecule has 0 aromatic heterocycles. The maximum atomic E-state index is 13.2.